The maximum absolute atomic E-state index is 11.7. The van der Waals surface area contributed by atoms with Gasteiger partial charge in [-0.25, -0.2) is 0 Å². The molecule has 1 fully saturated rings. The van der Waals surface area contributed by atoms with Crippen LogP contribution in [-0.2, 0) is 9.53 Å². The van der Waals surface area contributed by atoms with Crippen LogP contribution in [0.25, 0.3) is 0 Å². The molecule has 1 saturated carbocycles. The van der Waals surface area contributed by atoms with Crippen molar-refractivity contribution in [3.63, 3.8) is 0 Å². The van der Waals surface area contributed by atoms with Crippen LogP contribution in [-0.4, -0.2) is 36.2 Å². The number of rotatable bonds is 4. The first-order valence-electron chi connectivity index (χ1n) is 5.39. The van der Waals surface area contributed by atoms with Crippen molar-refractivity contribution >= 4 is 11.7 Å². The predicted octanol–water partition coefficient (Wildman–Crippen LogP) is 0.0526. The second-order valence-electron chi connectivity index (χ2n) is 4.12. The van der Waals surface area contributed by atoms with Crippen LogP contribution in [0, 0.1) is 5.92 Å². The van der Waals surface area contributed by atoms with Crippen LogP contribution in [0.5, 0.6) is 0 Å². The number of ether oxygens (including phenoxy) is 1. The van der Waals surface area contributed by atoms with Gasteiger partial charge in [-0.2, -0.15) is 0 Å². The summed E-state index contributed by atoms with van der Waals surface area (Å²) in [4.78, 5) is 11.7. The third-order valence-electron chi connectivity index (χ3n) is 3.02. The summed E-state index contributed by atoms with van der Waals surface area (Å²) in [6.07, 6.45) is 2.92. The van der Waals surface area contributed by atoms with Crippen molar-refractivity contribution in [1.82, 2.24) is 5.32 Å². The summed E-state index contributed by atoms with van der Waals surface area (Å²) in [5, 5.41) is 14.1. The lowest BCUT2D eigenvalue weighted by Crippen LogP contribution is -2.41. The van der Waals surface area contributed by atoms with Gasteiger partial charge in [0.15, 0.2) is 5.84 Å². The number of nitrogens with one attached hydrogen (secondary N) is 1. The molecule has 0 radical (unpaired) electrons. The molecule has 3 unspecified atom stereocenters. The molecule has 6 heteroatoms. The van der Waals surface area contributed by atoms with Crippen molar-refractivity contribution in [3.05, 3.63) is 0 Å². The van der Waals surface area contributed by atoms with Crippen molar-refractivity contribution in [3.8, 4) is 0 Å². The number of methoxy groups -OCH3 is 1. The highest BCUT2D eigenvalue weighted by molar-refractivity contribution is 6.01. The first kappa shape index (κ1) is 12.8. The van der Waals surface area contributed by atoms with Crippen LogP contribution < -0.4 is 11.1 Å². The third kappa shape index (κ3) is 3.10. The molecule has 0 heterocycles. The average Bonchev–Trinajstić information content (AvgIpc) is 2.74. The lowest BCUT2D eigenvalue weighted by atomic mass is 10.1. The maximum Gasteiger partial charge on any atom is 0.230 e. The normalized spacial score (nSPS) is 27.8. The Morgan fingerprint density at radius 3 is 2.81 bits per heavy atom. The van der Waals surface area contributed by atoms with Gasteiger partial charge in [-0.15, -0.1) is 0 Å². The van der Waals surface area contributed by atoms with Gasteiger partial charge in [0.1, 0.15) is 0 Å². The number of hydrogen-bond donors (Lipinski definition) is 3. The van der Waals surface area contributed by atoms with Gasteiger partial charge in [0.05, 0.1) is 12.0 Å². The zero-order valence-corrected chi connectivity index (χ0v) is 9.64. The van der Waals surface area contributed by atoms with Crippen molar-refractivity contribution in [2.75, 3.05) is 7.11 Å². The standard InChI is InChI=1S/C10H19N3O3/c1-6(9(11)13-15)10(14)12-7-3-4-8(5-7)16-2/h6-8,15H,3-5H2,1-2H3,(H2,11,13)(H,12,14). The Hall–Kier alpha value is -1.30. The second-order valence-corrected chi connectivity index (χ2v) is 4.12. The first-order valence-corrected chi connectivity index (χ1v) is 5.39. The highest BCUT2D eigenvalue weighted by Gasteiger charge is 2.27. The Morgan fingerprint density at radius 2 is 2.31 bits per heavy atom. The van der Waals surface area contributed by atoms with Gasteiger partial charge in [-0.1, -0.05) is 5.16 Å². The first-order chi connectivity index (χ1) is 7.58. The van der Waals surface area contributed by atoms with Crippen LogP contribution in [0.1, 0.15) is 26.2 Å². The van der Waals surface area contributed by atoms with E-state index >= 15 is 0 Å². The van der Waals surface area contributed by atoms with Crippen LogP contribution in [0.3, 0.4) is 0 Å². The molecule has 0 aromatic heterocycles. The van der Waals surface area contributed by atoms with Crippen molar-refractivity contribution in [1.29, 1.82) is 0 Å². The van der Waals surface area contributed by atoms with Crippen LogP contribution in [0.2, 0.25) is 0 Å². The Morgan fingerprint density at radius 1 is 1.62 bits per heavy atom. The molecule has 6 nitrogen and oxygen atoms in total. The minimum atomic E-state index is -0.605. The highest BCUT2D eigenvalue weighted by Crippen LogP contribution is 2.21. The van der Waals surface area contributed by atoms with Crippen LogP contribution >= 0.6 is 0 Å². The molecule has 4 N–H and O–H groups in total. The number of nitrogens with zero attached hydrogens (tertiary/aromatic N) is 1. The number of amidine groups is 1. The van der Waals surface area contributed by atoms with E-state index in [9.17, 15) is 4.79 Å². The summed E-state index contributed by atoms with van der Waals surface area (Å²) in [5.74, 6) is -0.887. The quantitative estimate of drug-likeness (QED) is 0.275. The molecule has 0 aromatic carbocycles. The smallest absolute Gasteiger partial charge is 0.230 e. The number of hydrogen-bond acceptors (Lipinski definition) is 4. The molecule has 1 aliphatic carbocycles. The van der Waals surface area contributed by atoms with Crippen molar-refractivity contribution in [2.24, 2.45) is 16.8 Å². The van der Waals surface area contributed by atoms with Crippen molar-refractivity contribution < 1.29 is 14.7 Å². The van der Waals surface area contributed by atoms with E-state index in [1.54, 1.807) is 14.0 Å². The van der Waals surface area contributed by atoms with E-state index in [0.29, 0.717) is 0 Å². The van der Waals surface area contributed by atoms with E-state index in [1.165, 1.54) is 0 Å². The van der Waals surface area contributed by atoms with E-state index in [0.717, 1.165) is 19.3 Å². The van der Waals surface area contributed by atoms with E-state index < -0.39 is 5.92 Å². The zero-order valence-electron chi connectivity index (χ0n) is 9.64. The summed E-state index contributed by atoms with van der Waals surface area (Å²) in [6, 6.07) is 0.131. The van der Waals surface area contributed by atoms with Gasteiger partial charge >= 0.3 is 0 Å². The van der Waals surface area contributed by atoms with Crippen LogP contribution in [0.15, 0.2) is 5.16 Å². The third-order valence-corrected chi connectivity index (χ3v) is 3.02. The van der Waals surface area contributed by atoms with E-state index in [2.05, 4.69) is 10.5 Å². The molecule has 16 heavy (non-hydrogen) atoms. The van der Waals surface area contributed by atoms with Gasteiger partial charge in [-0.05, 0) is 26.2 Å². The van der Waals surface area contributed by atoms with Gasteiger partial charge in [0.2, 0.25) is 5.91 Å². The molecule has 1 aliphatic rings. The summed E-state index contributed by atoms with van der Waals surface area (Å²) in [7, 11) is 1.67. The average molecular weight is 229 g/mol. The SMILES string of the molecule is COC1CCC(NC(=O)C(C)C(N)=NO)C1. The summed E-state index contributed by atoms with van der Waals surface area (Å²) in [5.41, 5.74) is 5.36. The van der Waals surface area contributed by atoms with E-state index in [1.807, 2.05) is 0 Å². The summed E-state index contributed by atoms with van der Waals surface area (Å²) in [6.45, 7) is 1.60. The topological polar surface area (TPSA) is 96.9 Å². The molecule has 0 bridgehead atoms. The Bertz CT molecular complexity index is 280. The monoisotopic (exact) mass is 229 g/mol. The van der Waals surface area contributed by atoms with Crippen LogP contribution in [0.4, 0.5) is 0 Å². The molecule has 1 amide bonds. The number of oxime groups is 1. The van der Waals surface area contributed by atoms with E-state index in [4.69, 9.17) is 15.7 Å². The molecule has 0 spiro atoms. The summed E-state index contributed by atoms with van der Waals surface area (Å²) < 4.78 is 5.21. The molecule has 3 atom stereocenters. The fourth-order valence-electron chi connectivity index (χ4n) is 1.83. The molecule has 0 saturated heterocycles. The highest BCUT2D eigenvalue weighted by atomic mass is 16.5. The van der Waals surface area contributed by atoms with Gasteiger partial charge in [-0.3, -0.25) is 4.79 Å². The lowest BCUT2D eigenvalue weighted by Gasteiger charge is -2.16. The number of nitrogens with two attached hydrogens (primary N) is 1. The van der Waals surface area contributed by atoms with Gasteiger partial charge < -0.3 is 21.0 Å². The maximum atomic E-state index is 11.7. The Labute approximate surface area is 94.8 Å². The minimum absolute atomic E-state index is 0.0706. The Balaban J connectivity index is 2.41. The number of carbonyl (C=O) groups is 1. The summed E-state index contributed by atoms with van der Waals surface area (Å²) >= 11 is 0. The van der Waals surface area contributed by atoms with Gasteiger partial charge in [0.25, 0.3) is 0 Å². The Kier molecular flexibility index (Phi) is 4.54. The lowest BCUT2D eigenvalue weighted by molar-refractivity contribution is -0.123. The zero-order chi connectivity index (χ0) is 12.1. The fourth-order valence-corrected chi connectivity index (χ4v) is 1.83. The van der Waals surface area contributed by atoms with Gasteiger partial charge in [0, 0.05) is 13.2 Å². The number of amides is 1. The second kappa shape index (κ2) is 5.69. The van der Waals surface area contributed by atoms with Crippen molar-refractivity contribution in [2.45, 2.75) is 38.3 Å². The fraction of sp³-hybridized carbons (Fsp3) is 0.800. The van der Waals surface area contributed by atoms with E-state index in [-0.39, 0.29) is 23.9 Å². The predicted molar refractivity (Wildman–Crippen MR) is 59.2 cm³/mol. The molecule has 0 aliphatic heterocycles. The molecular weight excluding hydrogens is 210 g/mol. The minimum Gasteiger partial charge on any atom is -0.409 e. The number of carbonyl (C=O) groups excluding carboxylic acids is 1. The molecular formula is C10H19N3O3. The largest absolute Gasteiger partial charge is 0.409 e. The molecule has 92 valence electrons. The molecule has 0 aromatic rings. The molecule has 1 rings (SSSR count).